The van der Waals surface area contributed by atoms with Crippen LogP contribution < -0.4 is 9.47 Å². The molecule has 2 rings (SSSR count). The Kier molecular flexibility index (Phi) is 6.15. The first kappa shape index (κ1) is 22.4. The molecule has 0 amide bonds. The van der Waals surface area contributed by atoms with Crippen LogP contribution in [-0.2, 0) is 15.0 Å². The van der Waals surface area contributed by atoms with Crippen molar-refractivity contribution in [2.24, 2.45) is 0 Å². The van der Waals surface area contributed by atoms with Crippen LogP contribution in [-0.4, -0.2) is 41.3 Å². The number of carboxylic acid groups (broad SMARTS) is 2. The number of hydrogen-bond acceptors (Lipinski definition) is 6. The van der Waals surface area contributed by atoms with E-state index in [2.05, 4.69) is 9.47 Å². The highest BCUT2D eigenvalue weighted by Gasteiger charge is 2.54. The summed E-state index contributed by atoms with van der Waals surface area (Å²) in [5, 5.41) is 18.3. The summed E-state index contributed by atoms with van der Waals surface area (Å²) in [6.07, 6.45) is -4.99. The average Bonchev–Trinajstić information content (AvgIpc) is 2.67. The summed E-state index contributed by atoms with van der Waals surface area (Å²) in [4.78, 5) is 43.8. The van der Waals surface area contributed by atoms with Crippen LogP contribution in [0.3, 0.4) is 0 Å². The summed E-state index contributed by atoms with van der Waals surface area (Å²) < 4.78 is 51.7. The van der Waals surface area contributed by atoms with E-state index in [0.29, 0.717) is 6.07 Å². The normalized spacial score (nSPS) is 13.1. The monoisotopic (exact) mass is 426 g/mol. The van der Waals surface area contributed by atoms with Gasteiger partial charge in [-0.25, -0.2) is 9.59 Å². The molecular weight excluding hydrogens is 413 g/mol. The highest BCUT2D eigenvalue weighted by molar-refractivity contribution is 6.01. The van der Waals surface area contributed by atoms with Gasteiger partial charge in [0.05, 0.1) is 11.1 Å². The third kappa shape index (κ3) is 3.95. The Morgan fingerprint density at radius 2 is 1.33 bits per heavy atom. The van der Waals surface area contributed by atoms with E-state index in [1.54, 1.807) is 0 Å². The number of alkyl halides is 3. The molecule has 30 heavy (non-hydrogen) atoms. The first-order valence-corrected chi connectivity index (χ1v) is 8.00. The maximum Gasteiger partial charge on any atom is 0.402 e. The number of halogens is 3. The fraction of sp³-hybridized carbons (Fsp3) is 0.158. The van der Waals surface area contributed by atoms with Gasteiger partial charge in [0.15, 0.2) is 11.5 Å². The molecule has 11 heteroatoms. The fourth-order valence-corrected chi connectivity index (χ4v) is 2.82. The standard InChI is InChI=1S/C19H13F3O8/c1-18(19(20,21)22,10-2-4-12(16(25)26)13(6-10)17(27)28)11-3-5-14(29-8-23)15(7-11)30-9-24/h2-9H,1H3,(H,25,26)(H,27,28). The number of carbonyl (C=O) groups is 4. The third-order valence-electron chi connectivity index (χ3n) is 4.50. The number of hydrogen-bond donors (Lipinski definition) is 2. The zero-order chi connectivity index (χ0) is 22.7. The van der Waals surface area contributed by atoms with Gasteiger partial charge in [-0.1, -0.05) is 12.1 Å². The van der Waals surface area contributed by atoms with Crippen LogP contribution in [0.2, 0.25) is 0 Å². The molecule has 1 atom stereocenters. The van der Waals surface area contributed by atoms with E-state index in [-0.39, 0.29) is 18.7 Å². The van der Waals surface area contributed by atoms with Crippen molar-refractivity contribution >= 4 is 24.9 Å². The smallest absolute Gasteiger partial charge is 0.402 e. The van der Waals surface area contributed by atoms with Gasteiger partial charge in [0.1, 0.15) is 5.41 Å². The Morgan fingerprint density at radius 3 is 1.83 bits per heavy atom. The van der Waals surface area contributed by atoms with E-state index in [0.717, 1.165) is 37.3 Å². The van der Waals surface area contributed by atoms with Crippen molar-refractivity contribution in [3.05, 3.63) is 58.7 Å². The highest BCUT2D eigenvalue weighted by atomic mass is 19.4. The van der Waals surface area contributed by atoms with Gasteiger partial charge in [-0.15, -0.1) is 0 Å². The molecule has 0 aliphatic carbocycles. The minimum atomic E-state index is -4.99. The molecule has 0 bridgehead atoms. The lowest BCUT2D eigenvalue weighted by Crippen LogP contribution is -2.41. The van der Waals surface area contributed by atoms with E-state index >= 15 is 0 Å². The van der Waals surface area contributed by atoms with Crippen molar-refractivity contribution in [1.82, 2.24) is 0 Å². The van der Waals surface area contributed by atoms with Crippen LogP contribution in [0.25, 0.3) is 0 Å². The number of carboxylic acids is 2. The van der Waals surface area contributed by atoms with Crippen LogP contribution in [0, 0.1) is 0 Å². The van der Waals surface area contributed by atoms with E-state index < -0.39 is 51.5 Å². The first-order valence-electron chi connectivity index (χ1n) is 8.00. The summed E-state index contributed by atoms with van der Waals surface area (Å²) in [5.41, 5.74) is -5.41. The number of aromatic carboxylic acids is 2. The highest BCUT2D eigenvalue weighted by Crippen LogP contribution is 2.48. The van der Waals surface area contributed by atoms with Gasteiger partial charge in [0, 0.05) is 0 Å². The third-order valence-corrected chi connectivity index (χ3v) is 4.50. The van der Waals surface area contributed by atoms with E-state index in [1.807, 2.05) is 0 Å². The zero-order valence-electron chi connectivity index (χ0n) is 15.1. The van der Waals surface area contributed by atoms with Gasteiger partial charge in [0.2, 0.25) is 0 Å². The molecule has 2 aromatic carbocycles. The maximum atomic E-state index is 14.2. The second kappa shape index (κ2) is 8.23. The molecule has 2 aromatic rings. The molecule has 1 unspecified atom stereocenters. The Balaban J connectivity index is 2.79. The second-order valence-corrected chi connectivity index (χ2v) is 6.08. The summed E-state index contributed by atoms with van der Waals surface area (Å²) in [7, 11) is 0. The molecule has 0 heterocycles. The van der Waals surface area contributed by atoms with Crippen LogP contribution in [0.1, 0.15) is 38.8 Å². The lowest BCUT2D eigenvalue weighted by Gasteiger charge is -2.33. The van der Waals surface area contributed by atoms with Gasteiger partial charge < -0.3 is 19.7 Å². The molecule has 0 fully saturated rings. The van der Waals surface area contributed by atoms with Crippen molar-refractivity contribution < 1.29 is 52.0 Å². The molecule has 8 nitrogen and oxygen atoms in total. The maximum absolute atomic E-state index is 14.2. The molecule has 0 aliphatic heterocycles. The summed E-state index contributed by atoms with van der Waals surface area (Å²) >= 11 is 0. The molecule has 0 radical (unpaired) electrons. The lowest BCUT2D eigenvalue weighted by atomic mass is 9.74. The molecular formula is C19H13F3O8. The topological polar surface area (TPSA) is 127 Å². The predicted octanol–water partition coefficient (Wildman–Crippen LogP) is 3.02. The average molecular weight is 426 g/mol. The SMILES string of the molecule is CC(c1ccc(OC=O)c(OC=O)c1)(c1ccc(C(=O)O)c(C(=O)O)c1)C(F)(F)F. The quantitative estimate of drug-likeness (QED) is 0.617. The number of benzene rings is 2. The number of rotatable bonds is 8. The fourth-order valence-electron chi connectivity index (χ4n) is 2.82. The van der Waals surface area contributed by atoms with Crippen LogP contribution >= 0.6 is 0 Å². The zero-order valence-corrected chi connectivity index (χ0v) is 15.1. The van der Waals surface area contributed by atoms with Crippen LogP contribution in [0.15, 0.2) is 36.4 Å². The molecule has 0 aliphatic rings. The number of carbonyl (C=O) groups excluding carboxylic acids is 2. The van der Waals surface area contributed by atoms with E-state index in [9.17, 15) is 37.5 Å². The Labute approximate surface area is 166 Å². The Hall–Kier alpha value is -3.89. The molecule has 158 valence electrons. The Morgan fingerprint density at radius 1 is 0.833 bits per heavy atom. The predicted molar refractivity (Wildman–Crippen MR) is 92.7 cm³/mol. The molecule has 0 aromatic heterocycles. The largest absolute Gasteiger partial charge is 0.478 e. The summed E-state index contributed by atoms with van der Waals surface area (Å²) in [6, 6.07) is 4.96. The van der Waals surface area contributed by atoms with Crippen molar-refractivity contribution in [2.75, 3.05) is 0 Å². The van der Waals surface area contributed by atoms with Crippen LogP contribution in [0.4, 0.5) is 13.2 Å². The van der Waals surface area contributed by atoms with Gasteiger partial charge >= 0.3 is 18.1 Å². The minimum absolute atomic E-state index is 0.0145. The lowest BCUT2D eigenvalue weighted by molar-refractivity contribution is -0.173. The van der Waals surface area contributed by atoms with Crippen molar-refractivity contribution in [1.29, 1.82) is 0 Å². The van der Waals surface area contributed by atoms with Crippen LogP contribution in [0.5, 0.6) is 11.5 Å². The van der Waals surface area contributed by atoms with Crippen molar-refractivity contribution in [3.8, 4) is 11.5 Å². The molecule has 0 saturated heterocycles. The van der Waals surface area contributed by atoms with Gasteiger partial charge in [-0.2, -0.15) is 13.2 Å². The van der Waals surface area contributed by atoms with Crippen molar-refractivity contribution in [2.45, 2.75) is 18.5 Å². The van der Waals surface area contributed by atoms with Gasteiger partial charge in [0.25, 0.3) is 12.9 Å². The Bertz CT molecular complexity index is 1020. The number of ether oxygens (including phenoxy) is 2. The van der Waals surface area contributed by atoms with E-state index in [1.165, 1.54) is 0 Å². The first-order chi connectivity index (χ1) is 14.0. The molecule has 0 saturated carbocycles. The summed E-state index contributed by atoms with van der Waals surface area (Å²) in [5.74, 6) is -4.15. The van der Waals surface area contributed by atoms with Gasteiger partial charge in [-0.05, 0) is 42.3 Å². The summed E-state index contributed by atoms with van der Waals surface area (Å²) in [6.45, 7) is 0.653. The van der Waals surface area contributed by atoms with Gasteiger partial charge in [-0.3, -0.25) is 9.59 Å². The minimum Gasteiger partial charge on any atom is -0.478 e. The molecule has 0 spiro atoms. The van der Waals surface area contributed by atoms with Crippen molar-refractivity contribution in [3.63, 3.8) is 0 Å². The van der Waals surface area contributed by atoms with E-state index in [4.69, 9.17) is 5.11 Å². The second-order valence-electron chi connectivity index (χ2n) is 6.08. The molecule has 2 N–H and O–H groups in total.